The lowest BCUT2D eigenvalue weighted by Gasteiger charge is -2.04. The molecule has 1 aromatic carbocycles. The summed E-state index contributed by atoms with van der Waals surface area (Å²) in [5, 5.41) is 12.3. The van der Waals surface area contributed by atoms with E-state index in [0.29, 0.717) is 18.1 Å². The molecule has 1 N–H and O–H groups in total. The topological polar surface area (TPSA) is 72.7 Å². The first-order valence-electron chi connectivity index (χ1n) is 9.56. The van der Waals surface area contributed by atoms with Gasteiger partial charge in [0.15, 0.2) is 5.82 Å². The standard InChI is InChI=1S/C21H20FN5OS2/c1-14-13-30-18(24-14)9-2-3-10-23-21(28)19-25-20(17-8-5-11-29-17)27(26-19)16-7-4-6-15(22)12-16/h4-8,11-13H,2-3,9-10H2,1H3,(H,23,28). The molecule has 0 aliphatic rings. The number of aryl methyl sites for hydroxylation is 2. The molecule has 0 fully saturated rings. The maximum Gasteiger partial charge on any atom is 0.290 e. The van der Waals surface area contributed by atoms with Gasteiger partial charge in [0.2, 0.25) is 5.82 Å². The van der Waals surface area contributed by atoms with Gasteiger partial charge in [-0.2, -0.15) is 0 Å². The molecule has 0 aliphatic carbocycles. The van der Waals surface area contributed by atoms with E-state index in [4.69, 9.17) is 0 Å². The Hall–Kier alpha value is -2.91. The Labute approximate surface area is 181 Å². The Bertz CT molecular complexity index is 1140. The molecule has 0 bridgehead atoms. The number of thiazole rings is 1. The van der Waals surface area contributed by atoms with Crippen molar-refractivity contribution < 1.29 is 9.18 Å². The van der Waals surface area contributed by atoms with Crippen molar-refractivity contribution in [1.29, 1.82) is 0 Å². The van der Waals surface area contributed by atoms with Crippen LogP contribution in [0.15, 0.2) is 47.2 Å². The van der Waals surface area contributed by atoms with Gasteiger partial charge in [0.05, 0.1) is 15.6 Å². The molecule has 4 aromatic rings. The number of hydrogen-bond donors (Lipinski definition) is 1. The van der Waals surface area contributed by atoms with Crippen molar-refractivity contribution in [2.75, 3.05) is 6.54 Å². The molecular formula is C21H20FN5OS2. The summed E-state index contributed by atoms with van der Waals surface area (Å²) < 4.78 is 15.2. The molecule has 0 atom stereocenters. The third-order valence-corrected chi connectivity index (χ3v) is 6.27. The highest BCUT2D eigenvalue weighted by Gasteiger charge is 2.19. The molecule has 0 radical (unpaired) electrons. The minimum Gasteiger partial charge on any atom is -0.349 e. The molecule has 0 unspecified atom stereocenters. The highest BCUT2D eigenvalue weighted by molar-refractivity contribution is 7.13. The van der Waals surface area contributed by atoms with E-state index in [0.717, 1.165) is 34.8 Å². The first kappa shape index (κ1) is 20.4. The number of carbonyl (C=O) groups excluding carboxylic acids is 1. The minimum absolute atomic E-state index is 0.0678. The summed E-state index contributed by atoms with van der Waals surface area (Å²) in [4.78, 5) is 22.3. The summed E-state index contributed by atoms with van der Waals surface area (Å²) in [5.74, 6) is -0.132. The van der Waals surface area contributed by atoms with Crippen molar-refractivity contribution in [3.63, 3.8) is 0 Å². The number of nitrogens with zero attached hydrogens (tertiary/aromatic N) is 4. The van der Waals surface area contributed by atoms with E-state index in [1.165, 1.54) is 28.2 Å². The van der Waals surface area contributed by atoms with Crippen LogP contribution in [0.25, 0.3) is 16.4 Å². The van der Waals surface area contributed by atoms with Gasteiger partial charge in [0.25, 0.3) is 5.91 Å². The lowest BCUT2D eigenvalue weighted by Crippen LogP contribution is -2.25. The normalized spacial score (nSPS) is 11.0. The van der Waals surface area contributed by atoms with Gasteiger partial charge in [-0.1, -0.05) is 12.1 Å². The third-order valence-electron chi connectivity index (χ3n) is 4.37. The fourth-order valence-corrected chi connectivity index (χ4v) is 4.48. The lowest BCUT2D eigenvalue weighted by atomic mass is 10.2. The fourth-order valence-electron chi connectivity index (χ4n) is 2.96. The third kappa shape index (κ3) is 4.80. The molecule has 3 heterocycles. The van der Waals surface area contributed by atoms with Crippen LogP contribution in [0.4, 0.5) is 4.39 Å². The highest BCUT2D eigenvalue weighted by Crippen LogP contribution is 2.25. The quantitative estimate of drug-likeness (QED) is 0.404. The molecule has 0 saturated carbocycles. The molecule has 1 amide bonds. The molecule has 6 nitrogen and oxygen atoms in total. The molecule has 0 spiro atoms. The summed E-state index contributed by atoms with van der Waals surface area (Å²) in [6.07, 6.45) is 2.69. The van der Waals surface area contributed by atoms with Gasteiger partial charge in [-0.15, -0.1) is 27.8 Å². The van der Waals surface area contributed by atoms with Crippen LogP contribution in [-0.2, 0) is 6.42 Å². The van der Waals surface area contributed by atoms with Crippen LogP contribution in [0.5, 0.6) is 0 Å². The van der Waals surface area contributed by atoms with Crippen molar-refractivity contribution in [2.24, 2.45) is 0 Å². The van der Waals surface area contributed by atoms with Crippen LogP contribution in [0, 0.1) is 12.7 Å². The minimum atomic E-state index is -0.374. The zero-order valence-electron chi connectivity index (χ0n) is 16.3. The van der Waals surface area contributed by atoms with E-state index in [2.05, 4.69) is 20.4 Å². The zero-order valence-corrected chi connectivity index (χ0v) is 18.0. The SMILES string of the molecule is Cc1csc(CCCCNC(=O)c2nc(-c3cccs3)n(-c3cccc(F)c3)n2)n1. The number of amides is 1. The van der Waals surface area contributed by atoms with Gasteiger partial charge in [-0.25, -0.2) is 19.0 Å². The number of hydrogen-bond acceptors (Lipinski definition) is 6. The number of thiophene rings is 1. The van der Waals surface area contributed by atoms with Gasteiger partial charge in [0.1, 0.15) is 5.82 Å². The van der Waals surface area contributed by atoms with E-state index in [1.54, 1.807) is 23.5 Å². The van der Waals surface area contributed by atoms with E-state index in [-0.39, 0.29) is 17.5 Å². The van der Waals surface area contributed by atoms with E-state index >= 15 is 0 Å². The van der Waals surface area contributed by atoms with Crippen LogP contribution in [0.2, 0.25) is 0 Å². The Morgan fingerprint density at radius 3 is 2.80 bits per heavy atom. The number of rotatable bonds is 8. The second-order valence-corrected chi connectivity index (χ2v) is 8.61. The Kier molecular flexibility index (Phi) is 6.29. The van der Waals surface area contributed by atoms with Crippen molar-refractivity contribution in [1.82, 2.24) is 25.1 Å². The van der Waals surface area contributed by atoms with Crippen LogP contribution in [-0.4, -0.2) is 32.2 Å². The molecule has 154 valence electrons. The number of carbonyl (C=O) groups is 1. The summed E-state index contributed by atoms with van der Waals surface area (Å²) in [5.41, 5.74) is 1.56. The number of aromatic nitrogens is 4. The second kappa shape index (κ2) is 9.27. The number of benzene rings is 1. The fraction of sp³-hybridized carbons (Fsp3) is 0.238. The van der Waals surface area contributed by atoms with Crippen LogP contribution >= 0.6 is 22.7 Å². The maximum absolute atomic E-state index is 13.7. The van der Waals surface area contributed by atoms with Crippen LogP contribution in [0.3, 0.4) is 0 Å². The Balaban J connectivity index is 1.43. The van der Waals surface area contributed by atoms with Crippen LogP contribution in [0.1, 0.15) is 34.2 Å². The predicted molar refractivity (Wildman–Crippen MR) is 117 cm³/mol. The van der Waals surface area contributed by atoms with E-state index in [9.17, 15) is 9.18 Å². The number of nitrogens with one attached hydrogen (secondary N) is 1. The summed E-state index contributed by atoms with van der Waals surface area (Å²) in [6, 6.07) is 9.87. The zero-order chi connectivity index (χ0) is 20.9. The lowest BCUT2D eigenvalue weighted by molar-refractivity contribution is 0.0942. The van der Waals surface area contributed by atoms with Gasteiger partial charge in [-0.3, -0.25) is 4.79 Å². The molecule has 3 aromatic heterocycles. The summed E-state index contributed by atoms with van der Waals surface area (Å²) >= 11 is 3.15. The van der Waals surface area contributed by atoms with Gasteiger partial charge < -0.3 is 5.32 Å². The number of halogens is 1. The smallest absolute Gasteiger partial charge is 0.290 e. The van der Waals surface area contributed by atoms with Crippen molar-refractivity contribution in [3.8, 4) is 16.4 Å². The monoisotopic (exact) mass is 441 g/mol. The van der Waals surface area contributed by atoms with E-state index in [1.807, 2.05) is 29.8 Å². The first-order chi connectivity index (χ1) is 14.6. The average Bonchev–Trinajstić information content (AvgIpc) is 3.48. The van der Waals surface area contributed by atoms with E-state index < -0.39 is 0 Å². The molecule has 4 rings (SSSR count). The number of unbranched alkanes of at least 4 members (excludes halogenated alkanes) is 1. The molecular weight excluding hydrogens is 421 g/mol. The largest absolute Gasteiger partial charge is 0.349 e. The predicted octanol–water partition coefficient (Wildman–Crippen LogP) is 4.65. The van der Waals surface area contributed by atoms with Crippen molar-refractivity contribution in [2.45, 2.75) is 26.2 Å². The van der Waals surface area contributed by atoms with Gasteiger partial charge in [-0.05, 0) is 55.8 Å². The van der Waals surface area contributed by atoms with Crippen molar-refractivity contribution in [3.05, 3.63) is 69.5 Å². The molecule has 9 heteroatoms. The molecule has 0 aliphatic heterocycles. The maximum atomic E-state index is 13.7. The summed E-state index contributed by atoms with van der Waals surface area (Å²) in [6.45, 7) is 2.52. The van der Waals surface area contributed by atoms with Crippen LogP contribution < -0.4 is 5.32 Å². The highest BCUT2D eigenvalue weighted by atomic mass is 32.1. The first-order valence-corrected chi connectivity index (χ1v) is 11.3. The molecule has 30 heavy (non-hydrogen) atoms. The molecule has 0 saturated heterocycles. The van der Waals surface area contributed by atoms with Gasteiger partial charge >= 0.3 is 0 Å². The Morgan fingerprint density at radius 2 is 2.07 bits per heavy atom. The Morgan fingerprint density at radius 1 is 1.17 bits per heavy atom. The van der Waals surface area contributed by atoms with Crippen molar-refractivity contribution >= 4 is 28.6 Å². The summed E-state index contributed by atoms with van der Waals surface area (Å²) in [7, 11) is 0. The van der Waals surface area contributed by atoms with Gasteiger partial charge in [0, 0.05) is 17.6 Å². The second-order valence-electron chi connectivity index (χ2n) is 6.72. The average molecular weight is 442 g/mol.